The lowest BCUT2D eigenvalue weighted by molar-refractivity contribution is -0.128. The van der Waals surface area contributed by atoms with Gasteiger partial charge in [-0.15, -0.1) is 0 Å². The molecule has 92 valence electrons. The van der Waals surface area contributed by atoms with Crippen molar-refractivity contribution < 1.29 is 9.59 Å². The molecule has 1 unspecified atom stereocenters. The molecule has 5 nitrogen and oxygen atoms in total. The second-order valence-electron chi connectivity index (χ2n) is 4.33. The maximum atomic E-state index is 11.7. The largest absolute Gasteiger partial charge is 0.354 e. The first-order valence-corrected chi connectivity index (χ1v) is 5.82. The minimum Gasteiger partial charge on any atom is -0.354 e. The van der Waals surface area contributed by atoms with Crippen molar-refractivity contribution in [3.63, 3.8) is 0 Å². The monoisotopic (exact) mass is 227 g/mol. The molecule has 1 rings (SSSR count). The molecule has 0 aromatic heterocycles. The fourth-order valence-corrected chi connectivity index (χ4v) is 1.72. The highest BCUT2D eigenvalue weighted by molar-refractivity contribution is 5.82. The third-order valence-corrected chi connectivity index (χ3v) is 2.76. The molecule has 1 aliphatic rings. The van der Waals surface area contributed by atoms with Crippen LogP contribution in [0.3, 0.4) is 0 Å². The van der Waals surface area contributed by atoms with Gasteiger partial charge in [-0.2, -0.15) is 0 Å². The Morgan fingerprint density at radius 1 is 1.38 bits per heavy atom. The SMILES string of the molecule is CN(C)C(=O)CCNC(=O)C1CCCCN1. The second kappa shape index (κ2) is 6.48. The van der Waals surface area contributed by atoms with Crippen LogP contribution in [0.15, 0.2) is 0 Å². The summed E-state index contributed by atoms with van der Waals surface area (Å²) < 4.78 is 0. The molecule has 16 heavy (non-hydrogen) atoms. The third-order valence-electron chi connectivity index (χ3n) is 2.76. The van der Waals surface area contributed by atoms with Crippen molar-refractivity contribution in [2.75, 3.05) is 27.2 Å². The molecule has 2 amide bonds. The molecule has 0 aliphatic carbocycles. The van der Waals surface area contributed by atoms with E-state index in [4.69, 9.17) is 0 Å². The number of hydrogen-bond donors (Lipinski definition) is 2. The second-order valence-corrected chi connectivity index (χ2v) is 4.33. The van der Waals surface area contributed by atoms with Crippen LogP contribution in [0.2, 0.25) is 0 Å². The smallest absolute Gasteiger partial charge is 0.237 e. The molecule has 0 spiro atoms. The first-order chi connectivity index (χ1) is 7.61. The van der Waals surface area contributed by atoms with Crippen LogP contribution in [-0.2, 0) is 9.59 Å². The van der Waals surface area contributed by atoms with Crippen LogP contribution in [0.1, 0.15) is 25.7 Å². The zero-order valence-electron chi connectivity index (χ0n) is 10.1. The molecule has 0 saturated carbocycles. The number of carbonyl (C=O) groups excluding carboxylic acids is 2. The van der Waals surface area contributed by atoms with Crippen LogP contribution in [0.25, 0.3) is 0 Å². The number of nitrogens with zero attached hydrogens (tertiary/aromatic N) is 1. The van der Waals surface area contributed by atoms with Gasteiger partial charge in [0.2, 0.25) is 11.8 Å². The third kappa shape index (κ3) is 4.18. The maximum absolute atomic E-state index is 11.7. The van der Waals surface area contributed by atoms with Crippen molar-refractivity contribution >= 4 is 11.8 Å². The molecule has 1 saturated heterocycles. The first-order valence-electron chi connectivity index (χ1n) is 5.82. The molecule has 0 bridgehead atoms. The Kier molecular flexibility index (Phi) is 5.25. The zero-order chi connectivity index (χ0) is 12.0. The van der Waals surface area contributed by atoms with E-state index >= 15 is 0 Å². The van der Waals surface area contributed by atoms with Crippen LogP contribution in [0.5, 0.6) is 0 Å². The number of nitrogens with one attached hydrogen (secondary N) is 2. The Morgan fingerprint density at radius 3 is 2.69 bits per heavy atom. The van der Waals surface area contributed by atoms with Gasteiger partial charge >= 0.3 is 0 Å². The number of amides is 2. The molecule has 2 N–H and O–H groups in total. The Bertz CT molecular complexity index is 248. The summed E-state index contributed by atoms with van der Waals surface area (Å²) in [6.45, 7) is 1.34. The zero-order valence-corrected chi connectivity index (χ0v) is 10.1. The molecule has 0 radical (unpaired) electrons. The number of rotatable bonds is 4. The van der Waals surface area contributed by atoms with Crippen LogP contribution >= 0.6 is 0 Å². The Hall–Kier alpha value is -1.10. The van der Waals surface area contributed by atoms with Gasteiger partial charge in [0.15, 0.2) is 0 Å². The highest BCUT2D eigenvalue weighted by atomic mass is 16.2. The Morgan fingerprint density at radius 2 is 2.12 bits per heavy atom. The predicted molar refractivity (Wildman–Crippen MR) is 62.0 cm³/mol. The summed E-state index contributed by atoms with van der Waals surface area (Å²) in [6.07, 6.45) is 3.50. The molecule has 1 heterocycles. The minimum absolute atomic E-state index is 0.0197. The van der Waals surface area contributed by atoms with E-state index in [1.165, 1.54) is 4.90 Å². The van der Waals surface area contributed by atoms with Crippen molar-refractivity contribution in [3.8, 4) is 0 Å². The molecule has 1 atom stereocenters. The lowest BCUT2D eigenvalue weighted by Crippen LogP contribution is -2.47. The minimum atomic E-state index is -0.0665. The molecule has 0 aromatic carbocycles. The van der Waals surface area contributed by atoms with Gasteiger partial charge in [-0.25, -0.2) is 0 Å². The summed E-state index contributed by atoms with van der Waals surface area (Å²) >= 11 is 0. The topological polar surface area (TPSA) is 61.4 Å². The van der Waals surface area contributed by atoms with Crippen molar-refractivity contribution in [2.24, 2.45) is 0 Å². The standard InChI is InChI=1S/C11H21N3O2/c1-14(2)10(15)6-8-13-11(16)9-5-3-4-7-12-9/h9,12H,3-8H2,1-2H3,(H,13,16). The quantitative estimate of drug-likeness (QED) is 0.694. The van der Waals surface area contributed by atoms with Gasteiger partial charge in [0.1, 0.15) is 0 Å². The number of piperidine rings is 1. The molecule has 1 fully saturated rings. The number of carbonyl (C=O) groups is 2. The Balaban J connectivity index is 2.17. The van der Waals surface area contributed by atoms with Gasteiger partial charge in [0, 0.05) is 27.1 Å². The molecule has 1 aliphatic heterocycles. The summed E-state index contributed by atoms with van der Waals surface area (Å²) in [5, 5.41) is 5.96. The van der Waals surface area contributed by atoms with E-state index in [0.717, 1.165) is 25.8 Å². The van der Waals surface area contributed by atoms with Gasteiger partial charge in [-0.1, -0.05) is 6.42 Å². The predicted octanol–water partition coefficient (Wildman–Crippen LogP) is -0.277. The van der Waals surface area contributed by atoms with Crippen LogP contribution < -0.4 is 10.6 Å². The average Bonchev–Trinajstić information content (AvgIpc) is 2.29. The van der Waals surface area contributed by atoms with Gasteiger partial charge in [0.05, 0.1) is 6.04 Å². The average molecular weight is 227 g/mol. The van der Waals surface area contributed by atoms with Crippen LogP contribution in [-0.4, -0.2) is 49.9 Å². The normalized spacial score (nSPS) is 20.2. The van der Waals surface area contributed by atoms with Gasteiger partial charge in [-0.05, 0) is 19.4 Å². The fourth-order valence-electron chi connectivity index (χ4n) is 1.72. The van der Waals surface area contributed by atoms with E-state index in [2.05, 4.69) is 10.6 Å². The van der Waals surface area contributed by atoms with Crippen molar-refractivity contribution in [2.45, 2.75) is 31.7 Å². The molecular weight excluding hydrogens is 206 g/mol. The van der Waals surface area contributed by atoms with Crippen molar-refractivity contribution in [1.29, 1.82) is 0 Å². The summed E-state index contributed by atoms with van der Waals surface area (Å²) in [6, 6.07) is -0.0665. The van der Waals surface area contributed by atoms with Gasteiger partial charge in [0.25, 0.3) is 0 Å². The van der Waals surface area contributed by atoms with E-state index < -0.39 is 0 Å². The van der Waals surface area contributed by atoms with Gasteiger partial charge < -0.3 is 15.5 Å². The van der Waals surface area contributed by atoms with Crippen LogP contribution in [0, 0.1) is 0 Å². The van der Waals surface area contributed by atoms with E-state index in [0.29, 0.717) is 13.0 Å². The first kappa shape index (κ1) is 13.0. The van der Waals surface area contributed by atoms with E-state index in [9.17, 15) is 9.59 Å². The van der Waals surface area contributed by atoms with E-state index in [1.54, 1.807) is 14.1 Å². The lowest BCUT2D eigenvalue weighted by Gasteiger charge is -2.22. The number of hydrogen-bond acceptors (Lipinski definition) is 3. The molecular formula is C11H21N3O2. The Labute approximate surface area is 96.6 Å². The summed E-state index contributed by atoms with van der Waals surface area (Å²) in [7, 11) is 3.43. The summed E-state index contributed by atoms with van der Waals surface area (Å²) in [4.78, 5) is 24.4. The molecule has 0 aromatic rings. The lowest BCUT2D eigenvalue weighted by atomic mass is 10.0. The van der Waals surface area contributed by atoms with Crippen molar-refractivity contribution in [3.05, 3.63) is 0 Å². The molecule has 5 heteroatoms. The van der Waals surface area contributed by atoms with E-state index in [-0.39, 0.29) is 17.9 Å². The van der Waals surface area contributed by atoms with Crippen LogP contribution in [0.4, 0.5) is 0 Å². The highest BCUT2D eigenvalue weighted by Crippen LogP contribution is 2.06. The maximum Gasteiger partial charge on any atom is 0.237 e. The summed E-state index contributed by atoms with van der Waals surface area (Å²) in [5.41, 5.74) is 0. The highest BCUT2D eigenvalue weighted by Gasteiger charge is 2.19. The summed E-state index contributed by atoms with van der Waals surface area (Å²) in [5.74, 6) is 0.0585. The van der Waals surface area contributed by atoms with Gasteiger partial charge in [-0.3, -0.25) is 9.59 Å². The van der Waals surface area contributed by atoms with E-state index in [1.807, 2.05) is 0 Å². The fraction of sp³-hybridized carbons (Fsp3) is 0.818. The van der Waals surface area contributed by atoms with Crippen molar-refractivity contribution in [1.82, 2.24) is 15.5 Å².